The van der Waals surface area contributed by atoms with Gasteiger partial charge < -0.3 is 9.57 Å². The fourth-order valence-corrected chi connectivity index (χ4v) is 4.21. The zero-order valence-corrected chi connectivity index (χ0v) is 22.4. The highest BCUT2D eigenvalue weighted by atomic mass is 32.2. The summed E-state index contributed by atoms with van der Waals surface area (Å²) in [6.45, 7) is 3.80. The standard InChI is InChI=1S/C24H25F3N6O6S/c1-4-32(30-31-39-15-38-17(3)34)14-23(35)29-40(36,37)20-11-9-19(10-12-20)33-21(13-22(28-33)24(25,26)27)18-7-5-16(2)6-8-18/h5-13H,4,14-15H2,1-3H3,(H,29,35)/b31-30-. The highest BCUT2D eigenvalue weighted by Crippen LogP contribution is 2.33. The Morgan fingerprint density at radius 3 is 2.33 bits per heavy atom. The van der Waals surface area contributed by atoms with E-state index in [0.717, 1.165) is 33.5 Å². The smallest absolute Gasteiger partial charge is 0.426 e. The van der Waals surface area contributed by atoms with E-state index in [4.69, 9.17) is 0 Å². The fourth-order valence-electron chi connectivity index (χ4n) is 3.24. The molecule has 1 aromatic heterocycles. The number of aryl methyl sites for hydroxylation is 1. The van der Waals surface area contributed by atoms with Crippen molar-refractivity contribution in [2.45, 2.75) is 31.8 Å². The zero-order chi connectivity index (χ0) is 29.5. The minimum Gasteiger partial charge on any atom is -0.426 e. The van der Waals surface area contributed by atoms with E-state index >= 15 is 0 Å². The van der Waals surface area contributed by atoms with Crippen LogP contribution in [0.2, 0.25) is 0 Å². The van der Waals surface area contributed by atoms with Crippen LogP contribution in [0.3, 0.4) is 0 Å². The molecule has 0 fully saturated rings. The molecule has 0 aliphatic heterocycles. The van der Waals surface area contributed by atoms with Gasteiger partial charge >= 0.3 is 12.1 Å². The van der Waals surface area contributed by atoms with Crippen molar-refractivity contribution in [2.24, 2.45) is 10.5 Å². The molecule has 0 aliphatic carbocycles. The van der Waals surface area contributed by atoms with Crippen LogP contribution in [0.15, 0.2) is 70.0 Å². The van der Waals surface area contributed by atoms with Crippen molar-refractivity contribution < 1.29 is 40.8 Å². The topological polar surface area (TPSA) is 145 Å². The number of rotatable bonds is 11. The number of carbonyl (C=O) groups excluding carboxylic acids is 2. The molecule has 0 saturated carbocycles. The van der Waals surface area contributed by atoms with Crippen LogP contribution in [0.25, 0.3) is 16.9 Å². The van der Waals surface area contributed by atoms with Gasteiger partial charge in [-0.3, -0.25) is 14.6 Å². The molecule has 1 N–H and O–H groups in total. The van der Waals surface area contributed by atoms with E-state index in [1.165, 1.54) is 19.1 Å². The Hall–Kier alpha value is -4.47. The first-order chi connectivity index (χ1) is 18.8. The average molecular weight is 583 g/mol. The molecule has 2 aromatic carbocycles. The second-order valence-corrected chi connectivity index (χ2v) is 9.93. The number of esters is 1. The van der Waals surface area contributed by atoms with Crippen molar-refractivity contribution >= 4 is 21.9 Å². The molecular weight excluding hydrogens is 557 g/mol. The number of amides is 1. The number of likely N-dealkylation sites (N-methyl/N-ethyl adjacent to an activating group) is 1. The molecule has 0 bridgehead atoms. The number of hydrogen-bond acceptors (Lipinski definition) is 9. The molecule has 0 atom stereocenters. The molecule has 12 nitrogen and oxygen atoms in total. The second kappa shape index (κ2) is 12.6. The Bertz CT molecular complexity index is 1470. The molecule has 0 unspecified atom stereocenters. The highest BCUT2D eigenvalue weighted by Gasteiger charge is 2.35. The zero-order valence-electron chi connectivity index (χ0n) is 21.5. The van der Waals surface area contributed by atoms with E-state index in [9.17, 15) is 31.2 Å². The molecule has 0 saturated heterocycles. The third-order valence-corrected chi connectivity index (χ3v) is 6.60. The van der Waals surface area contributed by atoms with Crippen LogP contribution >= 0.6 is 0 Å². The molecule has 3 aromatic rings. The predicted octanol–water partition coefficient (Wildman–Crippen LogP) is 3.81. The van der Waals surface area contributed by atoms with Gasteiger partial charge in [0.15, 0.2) is 5.69 Å². The van der Waals surface area contributed by atoms with Crippen LogP contribution in [-0.2, 0) is 35.4 Å². The number of benzene rings is 2. The largest absolute Gasteiger partial charge is 0.435 e. The van der Waals surface area contributed by atoms with Crippen molar-refractivity contribution in [3.05, 3.63) is 65.9 Å². The quantitative estimate of drug-likeness (QED) is 0.118. The number of halogens is 3. The predicted molar refractivity (Wildman–Crippen MR) is 134 cm³/mol. The lowest BCUT2D eigenvalue weighted by atomic mass is 10.1. The van der Waals surface area contributed by atoms with Crippen LogP contribution in [0.5, 0.6) is 0 Å². The van der Waals surface area contributed by atoms with Crippen LogP contribution in [-0.4, -0.2) is 55.0 Å². The van der Waals surface area contributed by atoms with Gasteiger partial charge in [-0.25, -0.2) is 17.8 Å². The molecule has 16 heteroatoms. The summed E-state index contributed by atoms with van der Waals surface area (Å²) in [5, 5.41) is 11.6. The summed E-state index contributed by atoms with van der Waals surface area (Å²) in [5.74, 6) is -1.53. The Morgan fingerprint density at radius 1 is 1.10 bits per heavy atom. The van der Waals surface area contributed by atoms with Crippen LogP contribution in [0.1, 0.15) is 25.1 Å². The lowest BCUT2D eigenvalue weighted by molar-refractivity contribution is -0.154. The summed E-state index contributed by atoms with van der Waals surface area (Å²) < 4.78 is 73.2. The lowest BCUT2D eigenvalue weighted by Gasteiger charge is -2.15. The van der Waals surface area contributed by atoms with Crippen molar-refractivity contribution in [3.8, 4) is 16.9 Å². The SMILES string of the molecule is CCN(CC(=O)NS(=O)(=O)c1ccc(-n2nc(C(F)(F)F)cc2-c2ccc(C)cc2)cc1)/N=N\OCOC(C)=O. The molecule has 0 radical (unpaired) electrons. The van der Waals surface area contributed by atoms with Gasteiger partial charge in [0.25, 0.3) is 22.7 Å². The molecular formula is C24H25F3N6O6S. The van der Waals surface area contributed by atoms with Crippen molar-refractivity contribution in [2.75, 3.05) is 19.9 Å². The molecule has 214 valence electrons. The number of nitrogens with one attached hydrogen (secondary N) is 1. The maximum Gasteiger partial charge on any atom is 0.435 e. The summed E-state index contributed by atoms with van der Waals surface area (Å²) in [5.41, 5.74) is 0.609. The normalized spacial score (nSPS) is 11.8. The van der Waals surface area contributed by atoms with Gasteiger partial charge in [0.2, 0.25) is 0 Å². The van der Waals surface area contributed by atoms with Gasteiger partial charge in [-0.2, -0.15) is 18.3 Å². The van der Waals surface area contributed by atoms with Crippen LogP contribution in [0, 0.1) is 6.92 Å². The Morgan fingerprint density at radius 2 is 1.75 bits per heavy atom. The van der Waals surface area contributed by atoms with E-state index in [1.54, 1.807) is 31.2 Å². The van der Waals surface area contributed by atoms with Gasteiger partial charge in [-0.15, -0.1) is 0 Å². The third kappa shape index (κ3) is 8.02. The molecule has 1 amide bonds. The maximum absolute atomic E-state index is 13.4. The number of alkyl halides is 3. The Kier molecular flexibility index (Phi) is 9.47. The fraction of sp³-hybridized carbons (Fsp3) is 0.292. The van der Waals surface area contributed by atoms with Crippen molar-refractivity contribution in [1.82, 2.24) is 19.5 Å². The van der Waals surface area contributed by atoms with Crippen LogP contribution < -0.4 is 4.72 Å². The first-order valence-electron chi connectivity index (χ1n) is 11.6. The maximum atomic E-state index is 13.4. The highest BCUT2D eigenvalue weighted by molar-refractivity contribution is 7.90. The minimum absolute atomic E-state index is 0.155. The Balaban J connectivity index is 1.76. The van der Waals surface area contributed by atoms with E-state index in [1.807, 2.05) is 11.6 Å². The van der Waals surface area contributed by atoms with Gasteiger partial charge in [0.1, 0.15) is 6.54 Å². The van der Waals surface area contributed by atoms with Gasteiger partial charge in [-0.1, -0.05) is 29.8 Å². The number of hydrogen-bond donors (Lipinski definition) is 1. The van der Waals surface area contributed by atoms with E-state index < -0.39 is 47.1 Å². The summed E-state index contributed by atoms with van der Waals surface area (Å²) >= 11 is 0. The molecule has 1 heterocycles. The van der Waals surface area contributed by atoms with Gasteiger partial charge in [-0.05, 0) is 49.4 Å². The van der Waals surface area contributed by atoms with E-state index in [0.29, 0.717) is 5.56 Å². The second-order valence-electron chi connectivity index (χ2n) is 8.25. The van der Waals surface area contributed by atoms with Crippen molar-refractivity contribution in [1.29, 1.82) is 0 Å². The molecule has 0 aliphatic rings. The molecule has 40 heavy (non-hydrogen) atoms. The van der Waals surface area contributed by atoms with E-state index in [2.05, 4.69) is 25.2 Å². The number of carbonyl (C=O) groups is 2. The Labute approximate surface area is 227 Å². The van der Waals surface area contributed by atoms with Crippen LogP contribution in [0.4, 0.5) is 13.2 Å². The number of sulfonamides is 1. The average Bonchev–Trinajstić information content (AvgIpc) is 3.34. The first kappa shape index (κ1) is 30.1. The number of ether oxygens (including phenoxy) is 1. The summed E-state index contributed by atoms with van der Waals surface area (Å²) in [4.78, 5) is 27.3. The minimum atomic E-state index is -4.70. The number of aromatic nitrogens is 2. The molecule has 3 rings (SSSR count). The summed E-state index contributed by atoms with van der Waals surface area (Å²) in [7, 11) is -4.33. The van der Waals surface area contributed by atoms with Gasteiger partial charge in [0.05, 0.1) is 16.3 Å². The lowest BCUT2D eigenvalue weighted by Crippen LogP contribution is -2.38. The van der Waals surface area contributed by atoms with Gasteiger partial charge in [0, 0.05) is 24.3 Å². The van der Waals surface area contributed by atoms with Crippen molar-refractivity contribution in [3.63, 3.8) is 0 Å². The summed E-state index contributed by atoms with van der Waals surface area (Å²) in [6.07, 6.45) is -4.70. The summed E-state index contributed by atoms with van der Waals surface area (Å²) in [6, 6.07) is 12.5. The number of nitrogens with zero attached hydrogens (tertiary/aromatic N) is 5. The molecule has 0 spiro atoms. The first-order valence-corrected chi connectivity index (χ1v) is 13.1. The van der Waals surface area contributed by atoms with E-state index in [-0.39, 0.29) is 22.8 Å². The monoisotopic (exact) mass is 582 g/mol. The third-order valence-electron chi connectivity index (χ3n) is 5.21.